The highest BCUT2D eigenvalue weighted by atomic mass is 16.5. The molecule has 1 unspecified atom stereocenters. The minimum atomic E-state index is -2.45. The Morgan fingerprint density at radius 2 is 1.60 bits per heavy atom. The number of ether oxygens (including phenoxy) is 2. The van der Waals surface area contributed by atoms with Gasteiger partial charge in [-0.1, -0.05) is 0 Å². The smallest absolute Gasteiger partial charge is 0.0836 e. The summed E-state index contributed by atoms with van der Waals surface area (Å²) >= 11 is 0. The number of rotatable bonds is 5. The van der Waals surface area contributed by atoms with Crippen molar-refractivity contribution in [3.63, 3.8) is 0 Å². The van der Waals surface area contributed by atoms with E-state index >= 15 is 0 Å². The molecule has 0 aliphatic carbocycles. The minimum absolute atomic E-state index is 0.638. The van der Waals surface area contributed by atoms with Gasteiger partial charge in [0.15, 0.2) is 0 Å². The first-order chi connectivity index (χ1) is 8.19. The number of hydrogen-bond acceptors (Lipinski definition) is 2. The maximum absolute atomic E-state index is 7.50. The Kier molecular flexibility index (Phi) is 3.00. The zero-order valence-corrected chi connectivity index (χ0v) is 10.9. The molecule has 0 rings (SSSR count). The van der Waals surface area contributed by atoms with Gasteiger partial charge in [-0.25, -0.2) is 0 Å². The van der Waals surface area contributed by atoms with Gasteiger partial charge in [-0.3, -0.25) is 0 Å². The molecular formula is C13H26O2. The van der Waals surface area contributed by atoms with Crippen LogP contribution in [0.15, 0.2) is 11.1 Å². The fourth-order valence-corrected chi connectivity index (χ4v) is 1.36. The van der Waals surface area contributed by atoms with Crippen LogP contribution in [0.4, 0.5) is 0 Å². The Bertz CT molecular complexity index is 341. The van der Waals surface area contributed by atoms with Crippen molar-refractivity contribution in [2.45, 2.75) is 59.7 Å². The van der Waals surface area contributed by atoms with Gasteiger partial charge in [-0.05, 0) is 59.6 Å². The lowest BCUT2D eigenvalue weighted by molar-refractivity contribution is 0.0110. The molecule has 0 spiro atoms. The van der Waals surface area contributed by atoms with E-state index in [1.807, 2.05) is 27.7 Å². The molecule has 0 aromatic rings. The zero-order chi connectivity index (χ0) is 15.6. The second-order valence-corrected chi connectivity index (χ2v) is 4.73. The zero-order valence-electron chi connectivity index (χ0n) is 14.9. The van der Waals surface area contributed by atoms with E-state index in [2.05, 4.69) is 0 Å². The van der Waals surface area contributed by atoms with E-state index < -0.39 is 24.8 Å². The molecule has 0 aromatic heterocycles. The van der Waals surface area contributed by atoms with Crippen molar-refractivity contribution in [1.82, 2.24) is 0 Å². The molecule has 2 heteroatoms. The average Bonchev–Trinajstić information content (AvgIpc) is 2.09. The Morgan fingerprint density at radius 1 is 1.13 bits per heavy atom. The molecule has 0 radical (unpaired) electrons. The van der Waals surface area contributed by atoms with Crippen LogP contribution in [0.25, 0.3) is 0 Å². The van der Waals surface area contributed by atoms with E-state index in [4.69, 9.17) is 15.0 Å². The van der Waals surface area contributed by atoms with Crippen molar-refractivity contribution in [3.05, 3.63) is 11.1 Å². The quantitative estimate of drug-likeness (QED) is 0.657. The molecule has 15 heavy (non-hydrogen) atoms. The Balaban J connectivity index is 5.33. The van der Waals surface area contributed by atoms with Crippen molar-refractivity contribution < 1.29 is 15.0 Å². The number of methoxy groups -OCH3 is 1. The largest absolute Gasteiger partial charge is 0.374 e. The minimum Gasteiger partial charge on any atom is -0.374 e. The van der Waals surface area contributed by atoms with Crippen molar-refractivity contribution >= 4 is 0 Å². The third-order valence-electron chi connectivity index (χ3n) is 3.04. The van der Waals surface area contributed by atoms with Crippen molar-refractivity contribution in [2.24, 2.45) is 0 Å². The van der Waals surface area contributed by atoms with Gasteiger partial charge in [0.05, 0.1) is 16.7 Å². The molecular weight excluding hydrogens is 188 g/mol. The third kappa shape index (κ3) is 3.62. The van der Waals surface area contributed by atoms with Crippen LogP contribution in [0, 0.1) is 0 Å². The first kappa shape index (κ1) is 8.77. The summed E-state index contributed by atoms with van der Waals surface area (Å²) in [6, 6.07) is 0. The van der Waals surface area contributed by atoms with Crippen LogP contribution < -0.4 is 0 Å². The van der Waals surface area contributed by atoms with Crippen LogP contribution in [0.2, 0.25) is 0 Å². The number of hydrogen-bond donors (Lipinski definition) is 0. The van der Waals surface area contributed by atoms with Gasteiger partial charge < -0.3 is 9.47 Å². The van der Waals surface area contributed by atoms with E-state index in [1.165, 1.54) is 0 Å². The fourth-order valence-electron chi connectivity index (χ4n) is 1.36. The van der Waals surface area contributed by atoms with Crippen LogP contribution >= 0.6 is 0 Å². The van der Waals surface area contributed by atoms with E-state index in [1.54, 1.807) is 20.8 Å². The van der Waals surface area contributed by atoms with Gasteiger partial charge in [-0.15, -0.1) is 0 Å². The molecule has 0 bridgehead atoms. The molecule has 0 fully saturated rings. The SMILES string of the molecule is [2H]C(C)OC(C)(C)/C(C)=C(/C)C(C)(C)OC([2H])([2H])[2H]. The molecule has 1 atom stereocenters. The normalized spacial score (nSPS) is 22.1. The monoisotopic (exact) mass is 218 g/mol. The van der Waals surface area contributed by atoms with Crippen LogP contribution in [0.5, 0.6) is 0 Å². The van der Waals surface area contributed by atoms with E-state index in [0.717, 1.165) is 11.1 Å². The van der Waals surface area contributed by atoms with Crippen LogP contribution in [-0.2, 0) is 9.47 Å². The third-order valence-corrected chi connectivity index (χ3v) is 3.04. The molecule has 0 aromatic carbocycles. The van der Waals surface area contributed by atoms with E-state index in [0.29, 0.717) is 0 Å². The van der Waals surface area contributed by atoms with Crippen molar-refractivity contribution in [3.8, 4) is 0 Å². The Hall–Kier alpha value is -0.340. The van der Waals surface area contributed by atoms with Gasteiger partial charge in [0.1, 0.15) is 0 Å². The maximum Gasteiger partial charge on any atom is 0.0836 e. The predicted molar refractivity (Wildman–Crippen MR) is 65.2 cm³/mol. The first-order valence-electron chi connectivity index (χ1n) is 7.25. The molecule has 0 amide bonds. The van der Waals surface area contributed by atoms with Crippen LogP contribution in [0.3, 0.4) is 0 Å². The lowest BCUT2D eigenvalue weighted by Gasteiger charge is -2.33. The molecule has 2 nitrogen and oxygen atoms in total. The summed E-state index contributed by atoms with van der Waals surface area (Å²) in [5.41, 5.74) is 0.122. The van der Waals surface area contributed by atoms with Gasteiger partial charge >= 0.3 is 0 Å². The summed E-state index contributed by atoms with van der Waals surface area (Å²) in [5, 5.41) is 0. The van der Waals surface area contributed by atoms with E-state index in [-0.39, 0.29) is 0 Å². The molecule has 0 aliphatic rings. The summed E-state index contributed by atoms with van der Waals surface area (Å²) in [6.07, 6.45) is 0. The highest BCUT2D eigenvalue weighted by molar-refractivity contribution is 5.25. The summed E-state index contributed by atoms with van der Waals surface area (Å²) in [5.74, 6) is 0. The highest BCUT2D eigenvalue weighted by Gasteiger charge is 2.28. The fraction of sp³-hybridized carbons (Fsp3) is 0.846. The highest BCUT2D eigenvalue weighted by Crippen LogP contribution is 2.30. The Morgan fingerprint density at radius 3 is 2.00 bits per heavy atom. The molecule has 0 heterocycles. The summed E-state index contributed by atoms with van der Waals surface area (Å²) in [7, 11) is -2.45. The van der Waals surface area contributed by atoms with Gasteiger partial charge in [0.2, 0.25) is 0 Å². The molecule has 0 N–H and O–H groups in total. The summed E-state index contributed by atoms with van der Waals surface area (Å²) in [6.45, 7) is 11.9. The Labute approximate surface area is 100 Å². The lowest BCUT2D eigenvalue weighted by atomic mass is 9.87. The lowest BCUT2D eigenvalue weighted by Crippen LogP contribution is -2.32. The molecule has 0 saturated carbocycles. The maximum atomic E-state index is 7.50. The first-order valence-corrected chi connectivity index (χ1v) is 5.18. The molecule has 90 valence electrons. The van der Waals surface area contributed by atoms with Gasteiger partial charge in [-0.2, -0.15) is 0 Å². The molecule has 0 aliphatic heterocycles. The topological polar surface area (TPSA) is 18.5 Å². The second-order valence-electron chi connectivity index (χ2n) is 4.73. The molecule has 0 saturated heterocycles. The van der Waals surface area contributed by atoms with Crippen LogP contribution in [-0.4, -0.2) is 24.8 Å². The van der Waals surface area contributed by atoms with Crippen molar-refractivity contribution in [1.29, 1.82) is 0 Å². The summed E-state index contributed by atoms with van der Waals surface area (Å²) in [4.78, 5) is 0. The standard InChI is InChI=1S/C13H26O2/c1-9-15-13(6,7)11(3)10(2)12(4,5)14-8/h9H2,1-8H3/b11-10-/i8D3,9D. The predicted octanol–water partition coefficient (Wildman–Crippen LogP) is 3.56. The second kappa shape index (κ2) is 5.13. The van der Waals surface area contributed by atoms with E-state index in [9.17, 15) is 0 Å². The van der Waals surface area contributed by atoms with Crippen molar-refractivity contribution in [2.75, 3.05) is 13.6 Å². The summed E-state index contributed by atoms with van der Waals surface area (Å²) < 4.78 is 39.9. The van der Waals surface area contributed by atoms with Crippen LogP contribution in [0.1, 0.15) is 53.9 Å². The van der Waals surface area contributed by atoms with Gasteiger partial charge in [0.25, 0.3) is 0 Å². The van der Waals surface area contributed by atoms with Gasteiger partial charge in [0, 0.05) is 13.6 Å². The average molecular weight is 218 g/mol.